The molecule has 1 aromatic carbocycles. The zero-order valence-corrected chi connectivity index (χ0v) is 14.0. The van der Waals surface area contributed by atoms with Crippen molar-refractivity contribution >= 4 is 38.9 Å². The lowest BCUT2D eigenvalue weighted by molar-refractivity contribution is -0.137. The SMILES string of the molecule is CCNC(c1cnc(C(F)(F)F)s1)c1cccc(Br)c1Cl. The summed E-state index contributed by atoms with van der Waals surface area (Å²) in [5, 5.41) is 2.77. The van der Waals surface area contributed by atoms with Crippen LogP contribution < -0.4 is 5.32 Å². The van der Waals surface area contributed by atoms with Crippen molar-refractivity contribution in [3.05, 3.63) is 49.3 Å². The van der Waals surface area contributed by atoms with Crippen molar-refractivity contribution in [1.29, 1.82) is 0 Å². The summed E-state index contributed by atoms with van der Waals surface area (Å²) in [7, 11) is 0. The van der Waals surface area contributed by atoms with E-state index < -0.39 is 17.2 Å². The van der Waals surface area contributed by atoms with Crippen LogP contribution in [-0.4, -0.2) is 11.5 Å². The summed E-state index contributed by atoms with van der Waals surface area (Å²) in [6.07, 6.45) is -3.18. The van der Waals surface area contributed by atoms with Crippen LogP contribution in [0.4, 0.5) is 13.2 Å². The Morgan fingerprint density at radius 2 is 2.14 bits per heavy atom. The van der Waals surface area contributed by atoms with Crippen LogP contribution in [0.25, 0.3) is 0 Å². The number of alkyl halides is 3. The molecule has 1 N–H and O–H groups in total. The Morgan fingerprint density at radius 1 is 1.43 bits per heavy atom. The molecule has 2 aromatic rings. The van der Waals surface area contributed by atoms with Gasteiger partial charge in [-0.15, -0.1) is 11.3 Å². The molecule has 2 rings (SSSR count). The largest absolute Gasteiger partial charge is 0.443 e. The van der Waals surface area contributed by atoms with Gasteiger partial charge in [0.05, 0.1) is 11.1 Å². The van der Waals surface area contributed by atoms with Gasteiger partial charge in [0, 0.05) is 15.5 Å². The highest BCUT2D eigenvalue weighted by atomic mass is 79.9. The summed E-state index contributed by atoms with van der Waals surface area (Å²) >= 11 is 10.2. The van der Waals surface area contributed by atoms with Gasteiger partial charge in [-0.3, -0.25) is 0 Å². The van der Waals surface area contributed by atoms with Gasteiger partial charge in [-0.05, 0) is 34.1 Å². The van der Waals surface area contributed by atoms with Gasteiger partial charge in [-0.2, -0.15) is 13.2 Å². The minimum Gasteiger partial charge on any atom is -0.306 e. The first-order valence-corrected chi connectivity index (χ1v) is 8.03. The van der Waals surface area contributed by atoms with Crippen LogP contribution in [-0.2, 0) is 6.18 Å². The molecule has 0 bridgehead atoms. The van der Waals surface area contributed by atoms with E-state index in [1.807, 2.05) is 6.92 Å². The minimum atomic E-state index is -4.43. The molecule has 0 aliphatic heterocycles. The molecular formula is C13H11BrClF3N2S. The van der Waals surface area contributed by atoms with Crippen molar-refractivity contribution < 1.29 is 13.2 Å². The average Bonchev–Trinajstić information content (AvgIpc) is 2.89. The molecule has 0 spiro atoms. The number of nitrogens with zero attached hydrogens (tertiary/aromatic N) is 1. The smallest absolute Gasteiger partial charge is 0.306 e. The molecular weight excluding hydrogens is 389 g/mol. The Labute approximate surface area is 137 Å². The fraction of sp³-hybridized carbons (Fsp3) is 0.308. The van der Waals surface area contributed by atoms with Gasteiger partial charge in [0.25, 0.3) is 0 Å². The van der Waals surface area contributed by atoms with Crippen molar-refractivity contribution in [3.8, 4) is 0 Å². The van der Waals surface area contributed by atoms with E-state index in [1.54, 1.807) is 18.2 Å². The van der Waals surface area contributed by atoms with Crippen molar-refractivity contribution in [2.75, 3.05) is 6.54 Å². The molecule has 0 aliphatic rings. The molecule has 0 fully saturated rings. The Bertz CT molecular complexity index is 630. The van der Waals surface area contributed by atoms with E-state index >= 15 is 0 Å². The Kier molecular flexibility index (Phi) is 5.29. The molecule has 0 radical (unpaired) electrons. The first kappa shape index (κ1) is 16.7. The summed E-state index contributed by atoms with van der Waals surface area (Å²) in [4.78, 5) is 3.94. The number of aromatic nitrogens is 1. The summed E-state index contributed by atoms with van der Waals surface area (Å²) in [6.45, 7) is 2.47. The van der Waals surface area contributed by atoms with Crippen LogP contribution in [0.3, 0.4) is 0 Å². The van der Waals surface area contributed by atoms with Crippen LogP contribution in [0.2, 0.25) is 5.02 Å². The second-order valence-electron chi connectivity index (χ2n) is 4.20. The van der Waals surface area contributed by atoms with Gasteiger partial charge in [0.2, 0.25) is 0 Å². The van der Waals surface area contributed by atoms with Gasteiger partial charge in [-0.25, -0.2) is 4.98 Å². The monoisotopic (exact) mass is 398 g/mol. The topological polar surface area (TPSA) is 24.9 Å². The lowest BCUT2D eigenvalue weighted by Crippen LogP contribution is -2.21. The van der Waals surface area contributed by atoms with E-state index in [0.29, 0.717) is 37.8 Å². The fourth-order valence-electron chi connectivity index (χ4n) is 1.86. The number of rotatable bonds is 4. The number of hydrogen-bond acceptors (Lipinski definition) is 3. The number of nitrogens with one attached hydrogen (secondary N) is 1. The van der Waals surface area contributed by atoms with Gasteiger partial charge >= 0.3 is 6.18 Å². The Hall–Kier alpha value is -0.630. The van der Waals surface area contributed by atoms with Crippen molar-refractivity contribution in [2.24, 2.45) is 0 Å². The van der Waals surface area contributed by atoms with Gasteiger partial charge in [0.1, 0.15) is 0 Å². The van der Waals surface area contributed by atoms with Crippen LogP contribution >= 0.6 is 38.9 Å². The predicted molar refractivity (Wildman–Crippen MR) is 81.8 cm³/mol. The standard InChI is InChI=1S/C13H11BrClF3N2S/c1-2-19-11(7-4-3-5-8(14)10(7)15)9-6-20-12(21-9)13(16,17)18/h3-6,11,19H,2H2,1H3. The molecule has 114 valence electrons. The van der Waals surface area contributed by atoms with E-state index in [4.69, 9.17) is 11.6 Å². The molecule has 0 amide bonds. The lowest BCUT2D eigenvalue weighted by atomic mass is 10.1. The van der Waals surface area contributed by atoms with E-state index in [2.05, 4.69) is 26.2 Å². The number of halogens is 5. The maximum absolute atomic E-state index is 12.7. The van der Waals surface area contributed by atoms with E-state index in [1.165, 1.54) is 6.20 Å². The molecule has 0 saturated carbocycles. The average molecular weight is 400 g/mol. The van der Waals surface area contributed by atoms with Crippen LogP contribution in [0.5, 0.6) is 0 Å². The molecule has 1 aromatic heterocycles. The first-order valence-electron chi connectivity index (χ1n) is 6.04. The van der Waals surface area contributed by atoms with Gasteiger partial charge in [0.15, 0.2) is 5.01 Å². The molecule has 0 saturated heterocycles. The minimum absolute atomic E-state index is 0.423. The fourth-order valence-corrected chi connectivity index (χ4v) is 3.36. The normalized spacial score (nSPS) is 13.4. The van der Waals surface area contributed by atoms with Gasteiger partial charge < -0.3 is 5.32 Å². The summed E-state index contributed by atoms with van der Waals surface area (Å²) in [6, 6.07) is 4.94. The summed E-state index contributed by atoms with van der Waals surface area (Å²) in [5.74, 6) is 0. The maximum atomic E-state index is 12.7. The van der Waals surface area contributed by atoms with Crippen LogP contribution in [0.1, 0.15) is 28.4 Å². The van der Waals surface area contributed by atoms with Crippen molar-refractivity contribution in [3.63, 3.8) is 0 Å². The van der Waals surface area contributed by atoms with Gasteiger partial charge in [-0.1, -0.05) is 30.7 Å². The molecule has 8 heteroatoms. The predicted octanol–water partition coefficient (Wildman–Crippen LogP) is 5.28. The first-order chi connectivity index (χ1) is 9.84. The third-order valence-electron chi connectivity index (χ3n) is 2.75. The zero-order chi connectivity index (χ0) is 15.6. The highest BCUT2D eigenvalue weighted by molar-refractivity contribution is 9.10. The maximum Gasteiger partial charge on any atom is 0.443 e. The number of hydrogen-bond donors (Lipinski definition) is 1. The molecule has 2 nitrogen and oxygen atoms in total. The molecule has 21 heavy (non-hydrogen) atoms. The molecule has 1 atom stereocenters. The molecule has 1 unspecified atom stereocenters. The van der Waals surface area contributed by atoms with E-state index in [9.17, 15) is 13.2 Å². The lowest BCUT2D eigenvalue weighted by Gasteiger charge is -2.18. The Morgan fingerprint density at radius 3 is 2.71 bits per heavy atom. The van der Waals surface area contributed by atoms with E-state index in [0.717, 1.165) is 0 Å². The van der Waals surface area contributed by atoms with Crippen LogP contribution in [0.15, 0.2) is 28.9 Å². The molecule has 0 aliphatic carbocycles. The molecule has 1 heterocycles. The number of thiazole rings is 1. The quantitative estimate of drug-likeness (QED) is 0.757. The summed E-state index contributed by atoms with van der Waals surface area (Å²) in [5.41, 5.74) is 0.713. The van der Waals surface area contributed by atoms with Crippen molar-refractivity contribution in [1.82, 2.24) is 10.3 Å². The highest BCUT2D eigenvalue weighted by Gasteiger charge is 2.35. The summed E-state index contributed by atoms with van der Waals surface area (Å²) < 4.78 is 38.8. The van der Waals surface area contributed by atoms with Crippen molar-refractivity contribution in [2.45, 2.75) is 19.1 Å². The Balaban J connectivity index is 2.44. The second-order valence-corrected chi connectivity index (χ2v) is 6.49. The number of benzene rings is 1. The third-order valence-corrected chi connectivity index (χ3v) is 5.17. The van der Waals surface area contributed by atoms with E-state index in [-0.39, 0.29) is 0 Å². The second kappa shape index (κ2) is 6.64. The third kappa shape index (κ3) is 3.77. The zero-order valence-electron chi connectivity index (χ0n) is 10.8. The highest BCUT2D eigenvalue weighted by Crippen LogP contribution is 2.38. The van der Waals surface area contributed by atoms with Crippen LogP contribution in [0, 0.1) is 0 Å².